The van der Waals surface area contributed by atoms with Gasteiger partial charge in [0.25, 0.3) is 11.6 Å². The molecule has 2 rings (SSSR count). The summed E-state index contributed by atoms with van der Waals surface area (Å²) in [6, 6.07) is 4.64. The average molecular weight is 365 g/mol. The molecule has 128 valence electrons. The minimum absolute atomic E-state index is 0.0731. The molecule has 0 radical (unpaired) electrons. The van der Waals surface area contributed by atoms with Gasteiger partial charge in [-0.3, -0.25) is 14.9 Å². The molecule has 0 fully saturated rings. The smallest absolute Gasteiger partial charge is 0.284 e. The van der Waals surface area contributed by atoms with E-state index >= 15 is 0 Å². The molecule has 1 aromatic heterocycles. The molecule has 0 saturated heterocycles. The molecular weight excluding hydrogens is 346 g/mol. The summed E-state index contributed by atoms with van der Waals surface area (Å²) in [5.41, 5.74) is 1.10. The number of nitro groups is 1. The number of hydrogen-bond acceptors (Lipinski definition) is 6. The molecule has 1 N–H and O–H groups in total. The first-order valence-electron chi connectivity index (χ1n) is 7.63. The van der Waals surface area contributed by atoms with Crippen molar-refractivity contribution < 1.29 is 9.72 Å². The van der Waals surface area contributed by atoms with E-state index in [-0.39, 0.29) is 17.6 Å². The third-order valence-corrected chi connectivity index (χ3v) is 5.66. The van der Waals surface area contributed by atoms with Gasteiger partial charge in [-0.1, -0.05) is 25.6 Å². The number of carbonyl (C=O) groups excluding carboxylic acids is 1. The molecule has 0 atom stereocenters. The van der Waals surface area contributed by atoms with Gasteiger partial charge in [0.05, 0.1) is 9.82 Å². The van der Waals surface area contributed by atoms with E-state index in [0.29, 0.717) is 10.5 Å². The van der Waals surface area contributed by atoms with Crippen LogP contribution in [0.1, 0.15) is 42.7 Å². The first-order chi connectivity index (χ1) is 11.4. The molecule has 2 aromatic rings. The van der Waals surface area contributed by atoms with Crippen molar-refractivity contribution >= 4 is 34.7 Å². The Morgan fingerprint density at radius 2 is 2.12 bits per heavy atom. The second-order valence-electron chi connectivity index (χ2n) is 5.28. The van der Waals surface area contributed by atoms with Crippen LogP contribution in [0.2, 0.25) is 0 Å². The molecule has 1 amide bonds. The SMILES string of the molecule is CCC(CC)NC(=O)c1ccc(Sc2nc(C)cs2)c([N+](=O)[O-])c1. The Morgan fingerprint density at radius 3 is 2.67 bits per heavy atom. The molecule has 24 heavy (non-hydrogen) atoms. The normalized spacial score (nSPS) is 10.8. The largest absolute Gasteiger partial charge is 0.349 e. The standard InChI is InChI=1S/C16H19N3O3S2/c1-4-12(5-2)18-15(20)11-6-7-14(13(8-11)19(21)22)24-16-17-10(3)9-23-16/h6-9,12H,4-5H2,1-3H3,(H,18,20). The highest BCUT2D eigenvalue weighted by atomic mass is 32.2. The van der Waals surface area contributed by atoms with Gasteiger partial charge in [0, 0.05) is 28.7 Å². The zero-order valence-corrected chi connectivity index (χ0v) is 15.4. The number of rotatable bonds is 7. The monoisotopic (exact) mass is 365 g/mol. The van der Waals surface area contributed by atoms with E-state index < -0.39 is 4.92 Å². The fourth-order valence-corrected chi connectivity index (χ4v) is 4.00. The first-order valence-corrected chi connectivity index (χ1v) is 9.33. The van der Waals surface area contributed by atoms with Gasteiger partial charge < -0.3 is 5.32 Å². The van der Waals surface area contributed by atoms with Crippen molar-refractivity contribution in [1.82, 2.24) is 10.3 Å². The van der Waals surface area contributed by atoms with Crippen LogP contribution in [0.15, 0.2) is 32.8 Å². The van der Waals surface area contributed by atoms with Crippen LogP contribution < -0.4 is 5.32 Å². The Morgan fingerprint density at radius 1 is 1.42 bits per heavy atom. The Labute approximate surface area is 148 Å². The van der Waals surface area contributed by atoms with Crippen LogP contribution in [0.3, 0.4) is 0 Å². The minimum atomic E-state index is -0.462. The van der Waals surface area contributed by atoms with Gasteiger partial charge in [-0.2, -0.15) is 0 Å². The molecule has 0 spiro atoms. The number of nitrogens with one attached hydrogen (secondary N) is 1. The topological polar surface area (TPSA) is 85.1 Å². The summed E-state index contributed by atoms with van der Waals surface area (Å²) < 4.78 is 0.741. The number of carbonyl (C=O) groups is 1. The van der Waals surface area contributed by atoms with E-state index in [1.54, 1.807) is 12.1 Å². The lowest BCUT2D eigenvalue weighted by Crippen LogP contribution is -2.33. The maximum Gasteiger partial charge on any atom is 0.284 e. The zero-order chi connectivity index (χ0) is 17.7. The van der Waals surface area contributed by atoms with E-state index in [9.17, 15) is 14.9 Å². The predicted octanol–water partition coefficient (Wildman–Crippen LogP) is 4.43. The molecule has 0 aliphatic rings. The van der Waals surface area contributed by atoms with Gasteiger partial charge in [-0.15, -0.1) is 11.3 Å². The van der Waals surface area contributed by atoms with Gasteiger partial charge in [-0.25, -0.2) is 4.98 Å². The highest BCUT2D eigenvalue weighted by Crippen LogP contribution is 2.36. The van der Waals surface area contributed by atoms with Crippen LogP contribution in [-0.4, -0.2) is 21.9 Å². The van der Waals surface area contributed by atoms with Gasteiger partial charge in [-0.05, 0) is 31.9 Å². The Balaban J connectivity index is 2.26. The van der Waals surface area contributed by atoms with E-state index in [1.807, 2.05) is 26.2 Å². The van der Waals surface area contributed by atoms with Gasteiger partial charge in [0.15, 0.2) is 4.34 Å². The molecule has 0 aliphatic carbocycles. The first kappa shape index (κ1) is 18.4. The summed E-state index contributed by atoms with van der Waals surface area (Å²) in [6.45, 7) is 5.86. The van der Waals surface area contributed by atoms with Crippen molar-refractivity contribution in [3.8, 4) is 0 Å². The third kappa shape index (κ3) is 4.55. The van der Waals surface area contributed by atoms with Gasteiger partial charge in [0.2, 0.25) is 0 Å². The lowest BCUT2D eigenvalue weighted by molar-refractivity contribution is -0.387. The summed E-state index contributed by atoms with van der Waals surface area (Å²) in [5.74, 6) is -0.284. The number of aromatic nitrogens is 1. The van der Waals surface area contributed by atoms with Gasteiger partial charge >= 0.3 is 0 Å². The van der Waals surface area contributed by atoms with Crippen LogP contribution in [0.25, 0.3) is 0 Å². The average Bonchev–Trinajstić information content (AvgIpc) is 2.97. The quantitative estimate of drug-likeness (QED) is 0.579. The van der Waals surface area contributed by atoms with E-state index in [1.165, 1.54) is 29.2 Å². The van der Waals surface area contributed by atoms with Crippen LogP contribution in [0, 0.1) is 17.0 Å². The van der Waals surface area contributed by atoms with Crippen LogP contribution in [0.4, 0.5) is 5.69 Å². The molecule has 0 saturated carbocycles. The number of nitrogens with zero attached hydrogens (tertiary/aromatic N) is 2. The van der Waals surface area contributed by atoms with E-state index in [0.717, 1.165) is 22.9 Å². The molecule has 8 heteroatoms. The van der Waals surface area contributed by atoms with Crippen molar-refractivity contribution in [2.24, 2.45) is 0 Å². The van der Waals surface area contributed by atoms with Crippen LogP contribution in [-0.2, 0) is 0 Å². The maximum absolute atomic E-state index is 12.3. The van der Waals surface area contributed by atoms with Crippen molar-refractivity contribution in [3.63, 3.8) is 0 Å². The van der Waals surface area contributed by atoms with Crippen molar-refractivity contribution in [1.29, 1.82) is 0 Å². The molecular formula is C16H19N3O3S2. The molecule has 1 aromatic carbocycles. The number of aryl methyl sites for hydroxylation is 1. The summed E-state index contributed by atoms with van der Waals surface area (Å²) in [4.78, 5) is 28.0. The zero-order valence-electron chi connectivity index (χ0n) is 13.7. The van der Waals surface area contributed by atoms with E-state index in [4.69, 9.17) is 0 Å². The Hall–Kier alpha value is -1.93. The fourth-order valence-electron chi connectivity index (χ4n) is 2.12. The number of nitro benzene ring substituents is 1. The highest BCUT2D eigenvalue weighted by molar-refractivity contribution is 8.01. The Kier molecular flexibility index (Phi) is 6.33. The summed E-state index contributed by atoms with van der Waals surface area (Å²) in [7, 11) is 0. The fraction of sp³-hybridized carbons (Fsp3) is 0.375. The van der Waals surface area contributed by atoms with Crippen LogP contribution >= 0.6 is 23.1 Å². The van der Waals surface area contributed by atoms with Crippen molar-refractivity contribution in [2.45, 2.75) is 48.9 Å². The lowest BCUT2D eigenvalue weighted by Gasteiger charge is -2.14. The molecule has 0 bridgehead atoms. The summed E-state index contributed by atoms with van der Waals surface area (Å²) >= 11 is 2.68. The van der Waals surface area contributed by atoms with Crippen LogP contribution in [0.5, 0.6) is 0 Å². The summed E-state index contributed by atoms with van der Waals surface area (Å²) in [5, 5.41) is 16.2. The number of benzene rings is 1. The molecule has 1 heterocycles. The van der Waals surface area contributed by atoms with Crippen molar-refractivity contribution in [2.75, 3.05) is 0 Å². The number of hydrogen-bond donors (Lipinski definition) is 1. The summed E-state index contributed by atoms with van der Waals surface area (Å²) in [6.07, 6.45) is 1.64. The number of amides is 1. The van der Waals surface area contributed by atoms with Crippen molar-refractivity contribution in [3.05, 3.63) is 45.0 Å². The van der Waals surface area contributed by atoms with Gasteiger partial charge in [0.1, 0.15) is 0 Å². The highest BCUT2D eigenvalue weighted by Gasteiger charge is 2.20. The molecule has 6 nitrogen and oxygen atoms in total. The lowest BCUT2D eigenvalue weighted by atomic mass is 10.1. The number of thiazole rings is 1. The molecule has 0 aliphatic heterocycles. The third-order valence-electron chi connectivity index (χ3n) is 3.53. The van der Waals surface area contributed by atoms with E-state index in [2.05, 4.69) is 10.3 Å². The second kappa shape index (κ2) is 8.25. The second-order valence-corrected chi connectivity index (χ2v) is 7.43. The maximum atomic E-state index is 12.3. The Bertz CT molecular complexity index is 742. The minimum Gasteiger partial charge on any atom is -0.349 e. The predicted molar refractivity (Wildman–Crippen MR) is 95.9 cm³/mol. The molecule has 0 unspecified atom stereocenters.